The molecule has 0 aliphatic rings. The molecular formula is C11H20N2S. The lowest BCUT2D eigenvalue weighted by Crippen LogP contribution is -2.28. The molecule has 0 atom stereocenters. The van der Waals surface area contributed by atoms with Crippen molar-refractivity contribution in [3.8, 4) is 0 Å². The fourth-order valence-corrected chi connectivity index (χ4v) is 1.10. The van der Waals surface area contributed by atoms with Crippen molar-refractivity contribution in [2.75, 3.05) is 6.54 Å². The van der Waals surface area contributed by atoms with Gasteiger partial charge < -0.3 is 11.1 Å². The van der Waals surface area contributed by atoms with E-state index in [2.05, 4.69) is 38.2 Å². The molecule has 0 bridgehead atoms. The molecule has 80 valence electrons. The zero-order chi connectivity index (χ0) is 11.0. The van der Waals surface area contributed by atoms with Gasteiger partial charge in [-0.25, -0.2) is 0 Å². The second-order valence-corrected chi connectivity index (χ2v) is 4.06. The van der Waals surface area contributed by atoms with Crippen molar-refractivity contribution in [3.63, 3.8) is 0 Å². The Bertz CT molecular complexity index is 238. The predicted octanol–water partition coefficient (Wildman–Crippen LogP) is 2.51. The van der Waals surface area contributed by atoms with Gasteiger partial charge in [-0.1, -0.05) is 23.3 Å². The first kappa shape index (κ1) is 13.2. The molecular weight excluding hydrogens is 192 g/mol. The van der Waals surface area contributed by atoms with E-state index in [4.69, 9.17) is 18.0 Å². The SMILES string of the molecule is CC(C)=CCC/C(C)=C\CNC(N)=S. The quantitative estimate of drug-likeness (QED) is 0.543. The van der Waals surface area contributed by atoms with Crippen LogP contribution in [0.1, 0.15) is 33.6 Å². The van der Waals surface area contributed by atoms with Crippen LogP contribution in [0.4, 0.5) is 0 Å². The number of hydrogen-bond donors (Lipinski definition) is 2. The van der Waals surface area contributed by atoms with Gasteiger partial charge in [0.25, 0.3) is 0 Å². The van der Waals surface area contributed by atoms with Crippen LogP contribution in [0.2, 0.25) is 0 Å². The average Bonchev–Trinajstić information content (AvgIpc) is 2.02. The molecule has 0 aliphatic heterocycles. The molecule has 14 heavy (non-hydrogen) atoms. The Kier molecular flexibility index (Phi) is 7.11. The third kappa shape index (κ3) is 9.26. The van der Waals surface area contributed by atoms with Gasteiger partial charge >= 0.3 is 0 Å². The molecule has 0 heterocycles. The van der Waals surface area contributed by atoms with Crippen LogP contribution in [0, 0.1) is 0 Å². The van der Waals surface area contributed by atoms with Crippen molar-refractivity contribution >= 4 is 17.3 Å². The predicted molar refractivity (Wildman–Crippen MR) is 67.2 cm³/mol. The first-order valence-corrected chi connectivity index (χ1v) is 5.25. The van der Waals surface area contributed by atoms with E-state index in [0.29, 0.717) is 5.11 Å². The minimum atomic E-state index is 0.360. The highest BCUT2D eigenvalue weighted by Crippen LogP contribution is 2.05. The van der Waals surface area contributed by atoms with Crippen molar-refractivity contribution in [2.24, 2.45) is 5.73 Å². The Labute approximate surface area is 92.3 Å². The maximum absolute atomic E-state index is 5.30. The Morgan fingerprint density at radius 2 is 1.93 bits per heavy atom. The smallest absolute Gasteiger partial charge is 0.163 e. The molecule has 0 fully saturated rings. The fourth-order valence-electron chi connectivity index (χ4n) is 1.02. The van der Waals surface area contributed by atoms with Gasteiger partial charge in [0.2, 0.25) is 0 Å². The number of allylic oxidation sites excluding steroid dienone is 3. The Balaban J connectivity index is 3.67. The fraction of sp³-hybridized carbons (Fsp3) is 0.545. The van der Waals surface area contributed by atoms with Gasteiger partial charge in [-0.05, 0) is 45.8 Å². The number of nitrogens with one attached hydrogen (secondary N) is 1. The van der Waals surface area contributed by atoms with Crippen LogP contribution in [0.5, 0.6) is 0 Å². The summed E-state index contributed by atoms with van der Waals surface area (Å²) in [6.07, 6.45) is 6.58. The van der Waals surface area contributed by atoms with E-state index < -0.39 is 0 Å². The second-order valence-electron chi connectivity index (χ2n) is 3.62. The summed E-state index contributed by atoms with van der Waals surface area (Å²) in [5.74, 6) is 0. The van der Waals surface area contributed by atoms with Gasteiger partial charge in [0.1, 0.15) is 0 Å². The van der Waals surface area contributed by atoms with Crippen LogP contribution in [0.15, 0.2) is 23.3 Å². The highest BCUT2D eigenvalue weighted by molar-refractivity contribution is 7.80. The number of rotatable bonds is 5. The zero-order valence-electron chi connectivity index (χ0n) is 9.26. The molecule has 0 aliphatic carbocycles. The van der Waals surface area contributed by atoms with Crippen molar-refractivity contribution in [1.82, 2.24) is 5.32 Å². The number of thiocarbonyl (C=S) groups is 1. The summed E-state index contributed by atoms with van der Waals surface area (Å²) >= 11 is 4.70. The van der Waals surface area contributed by atoms with Crippen LogP contribution in [0.3, 0.4) is 0 Å². The molecule has 0 amide bonds. The maximum atomic E-state index is 5.30. The summed E-state index contributed by atoms with van der Waals surface area (Å²) in [6.45, 7) is 7.09. The van der Waals surface area contributed by atoms with E-state index in [9.17, 15) is 0 Å². The van der Waals surface area contributed by atoms with E-state index in [1.807, 2.05) is 0 Å². The lowest BCUT2D eigenvalue weighted by molar-refractivity contribution is 0.941. The van der Waals surface area contributed by atoms with E-state index in [1.54, 1.807) is 0 Å². The van der Waals surface area contributed by atoms with Gasteiger partial charge in [-0.15, -0.1) is 0 Å². The summed E-state index contributed by atoms with van der Waals surface area (Å²) in [6, 6.07) is 0. The monoisotopic (exact) mass is 212 g/mol. The van der Waals surface area contributed by atoms with Crippen molar-refractivity contribution in [2.45, 2.75) is 33.6 Å². The third-order valence-electron chi connectivity index (χ3n) is 1.82. The van der Waals surface area contributed by atoms with Gasteiger partial charge in [0.05, 0.1) is 0 Å². The summed E-state index contributed by atoms with van der Waals surface area (Å²) in [5.41, 5.74) is 8.04. The summed E-state index contributed by atoms with van der Waals surface area (Å²) in [5, 5.41) is 3.25. The Morgan fingerprint density at radius 1 is 1.29 bits per heavy atom. The Hall–Kier alpha value is -0.830. The average molecular weight is 212 g/mol. The highest BCUT2D eigenvalue weighted by atomic mass is 32.1. The molecule has 0 aromatic carbocycles. The topological polar surface area (TPSA) is 38.0 Å². The van der Waals surface area contributed by atoms with Crippen LogP contribution in [0.25, 0.3) is 0 Å². The normalized spacial score (nSPS) is 10.9. The molecule has 0 radical (unpaired) electrons. The molecule has 3 N–H and O–H groups in total. The molecule has 0 rings (SSSR count). The maximum Gasteiger partial charge on any atom is 0.163 e. The first-order valence-electron chi connectivity index (χ1n) is 4.84. The molecule has 0 spiro atoms. The van der Waals surface area contributed by atoms with Crippen LogP contribution >= 0.6 is 12.2 Å². The van der Waals surface area contributed by atoms with E-state index in [0.717, 1.165) is 19.4 Å². The molecule has 0 saturated heterocycles. The molecule has 0 aromatic rings. The number of hydrogen-bond acceptors (Lipinski definition) is 1. The minimum Gasteiger partial charge on any atom is -0.376 e. The second kappa shape index (κ2) is 7.56. The Morgan fingerprint density at radius 3 is 2.43 bits per heavy atom. The molecule has 0 aromatic heterocycles. The van der Waals surface area contributed by atoms with Crippen LogP contribution in [-0.4, -0.2) is 11.7 Å². The van der Waals surface area contributed by atoms with Crippen molar-refractivity contribution in [3.05, 3.63) is 23.3 Å². The lowest BCUT2D eigenvalue weighted by Gasteiger charge is -2.01. The van der Waals surface area contributed by atoms with Gasteiger partial charge in [0, 0.05) is 6.54 Å². The zero-order valence-corrected chi connectivity index (χ0v) is 10.1. The first-order chi connectivity index (χ1) is 6.52. The minimum absolute atomic E-state index is 0.360. The molecule has 3 heteroatoms. The summed E-state index contributed by atoms with van der Waals surface area (Å²) in [4.78, 5) is 0. The van der Waals surface area contributed by atoms with Crippen LogP contribution < -0.4 is 11.1 Å². The van der Waals surface area contributed by atoms with E-state index >= 15 is 0 Å². The van der Waals surface area contributed by atoms with Gasteiger partial charge in [-0.2, -0.15) is 0 Å². The number of nitrogens with two attached hydrogens (primary N) is 1. The van der Waals surface area contributed by atoms with Gasteiger partial charge in [0.15, 0.2) is 5.11 Å². The third-order valence-corrected chi connectivity index (χ3v) is 1.96. The lowest BCUT2D eigenvalue weighted by atomic mass is 10.1. The van der Waals surface area contributed by atoms with Gasteiger partial charge in [-0.3, -0.25) is 0 Å². The van der Waals surface area contributed by atoms with Crippen molar-refractivity contribution < 1.29 is 0 Å². The van der Waals surface area contributed by atoms with E-state index in [1.165, 1.54) is 11.1 Å². The molecule has 0 unspecified atom stereocenters. The van der Waals surface area contributed by atoms with Crippen molar-refractivity contribution in [1.29, 1.82) is 0 Å². The molecule has 0 saturated carbocycles. The summed E-state index contributed by atoms with van der Waals surface area (Å²) < 4.78 is 0. The summed E-state index contributed by atoms with van der Waals surface area (Å²) in [7, 11) is 0. The van der Waals surface area contributed by atoms with Crippen LogP contribution in [-0.2, 0) is 0 Å². The largest absolute Gasteiger partial charge is 0.376 e. The standard InChI is InChI=1S/C11H20N2S/c1-9(2)5-4-6-10(3)7-8-13-11(12)14/h5,7H,4,6,8H2,1-3H3,(H3,12,13,14)/b10-7-. The highest BCUT2D eigenvalue weighted by Gasteiger charge is 1.89. The van der Waals surface area contributed by atoms with E-state index in [-0.39, 0.29) is 0 Å². The molecule has 2 nitrogen and oxygen atoms in total.